The molecule has 0 aliphatic heterocycles. The summed E-state index contributed by atoms with van der Waals surface area (Å²) in [5.74, 6) is -2.36. The highest BCUT2D eigenvalue weighted by atomic mass is 32.2. The molecule has 2 rings (SSSR count). The molecular weight excluding hydrogens is 480 g/mol. The predicted octanol–water partition coefficient (Wildman–Crippen LogP) is 4.72. The minimum atomic E-state index is -4.82. The first kappa shape index (κ1) is 29.4. The molecule has 0 heterocycles. The molecule has 198 valence electrons. The summed E-state index contributed by atoms with van der Waals surface area (Å²) in [4.78, 5) is 25.8. The standard InChI is InChI=1S/C24H42O8S2/c1-17(25)23(15-11-9-13-19(23)21(3,4)5)33(27,28)31-32-34(29,30)24(18(2)26)16-12-10-14-20(24)22(6,7)8/h19-20H,9-16H2,1-8H3. The molecule has 2 aliphatic rings. The molecule has 0 aromatic rings. The van der Waals surface area contributed by atoms with Gasteiger partial charge in [-0.3, -0.25) is 9.59 Å². The van der Waals surface area contributed by atoms with Gasteiger partial charge in [0, 0.05) is 0 Å². The summed E-state index contributed by atoms with van der Waals surface area (Å²) in [7, 11) is -9.63. The van der Waals surface area contributed by atoms with E-state index in [1.165, 1.54) is 13.8 Å². The third-order valence-electron chi connectivity index (χ3n) is 8.09. The van der Waals surface area contributed by atoms with E-state index >= 15 is 0 Å². The Morgan fingerprint density at radius 3 is 1.18 bits per heavy atom. The van der Waals surface area contributed by atoms with E-state index < -0.39 is 64.0 Å². The minimum Gasteiger partial charge on any atom is -0.298 e. The smallest absolute Gasteiger partial charge is 0.298 e. The van der Waals surface area contributed by atoms with Crippen LogP contribution in [0, 0.1) is 22.7 Å². The van der Waals surface area contributed by atoms with Gasteiger partial charge in [-0.05, 0) is 62.2 Å². The highest BCUT2D eigenvalue weighted by Crippen LogP contribution is 2.52. The Morgan fingerprint density at radius 1 is 0.647 bits per heavy atom. The first-order chi connectivity index (χ1) is 15.3. The number of hydrogen-bond acceptors (Lipinski definition) is 8. The molecule has 0 aromatic carbocycles. The van der Waals surface area contributed by atoms with Crippen molar-refractivity contribution in [3.63, 3.8) is 0 Å². The molecule has 0 N–H and O–H groups in total. The van der Waals surface area contributed by atoms with Gasteiger partial charge in [0.15, 0.2) is 21.1 Å². The van der Waals surface area contributed by atoms with Crippen LogP contribution < -0.4 is 0 Å². The molecule has 0 spiro atoms. The zero-order valence-corrected chi connectivity index (χ0v) is 23.5. The van der Waals surface area contributed by atoms with Crippen LogP contribution in [0.2, 0.25) is 0 Å². The molecule has 2 fully saturated rings. The van der Waals surface area contributed by atoms with Gasteiger partial charge >= 0.3 is 20.2 Å². The molecule has 34 heavy (non-hydrogen) atoms. The number of rotatable bonds is 7. The van der Waals surface area contributed by atoms with E-state index in [1.54, 1.807) is 0 Å². The average Bonchev–Trinajstić information content (AvgIpc) is 2.70. The second-order valence-electron chi connectivity index (χ2n) is 12.3. The normalized spacial score (nSPS) is 31.8. The lowest BCUT2D eigenvalue weighted by Gasteiger charge is -2.47. The maximum atomic E-state index is 13.6. The zero-order chi connectivity index (χ0) is 26.4. The lowest BCUT2D eigenvalue weighted by molar-refractivity contribution is -0.131. The minimum absolute atomic E-state index is 0.0263. The highest BCUT2D eigenvalue weighted by molar-refractivity contribution is 7.91. The molecule has 2 saturated carbocycles. The summed E-state index contributed by atoms with van der Waals surface area (Å²) in [6.07, 6.45) is 3.52. The van der Waals surface area contributed by atoms with Crippen molar-refractivity contribution in [2.75, 3.05) is 0 Å². The fourth-order valence-electron chi connectivity index (χ4n) is 6.54. The van der Waals surface area contributed by atoms with Crippen LogP contribution in [-0.4, -0.2) is 37.9 Å². The van der Waals surface area contributed by atoms with E-state index in [2.05, 4.69) is 0 Å². The molecule has 0 aromatic heterocycles. The monoisotopic (exact) mass is 522 g/mol. The van der Waals surface area contributed by atoms with Crippen molar-refractivity contribution >= 4 is 31.8 Å². The van der Waals surface area contributed by atoms with E-state index in [0.717, 1.165) is 12.8 Å². The lowest BCUT2D eigenvalue weighted by atomic mass is 9.64. The molecule has 10 heteroatoms. The Hall–Kier alpha value is -0.840. The van der Waals surface area contributed by atoms with Gasteiger partial charge in [0.05, 0.1) is 0 Å². The second-order valence-corrected chi connectivity index (χ2v) is 15.8. The number of ketones is 2. The Labute approximate surface area is 205 Å². The highest BCUT2D eigenvalue weighted by Gasteiger charge is 2.62. The predicted molar refractivity (Wildman–Crippen MR) is 130 cm³/mol. The van der Waals surface area contributed by atoms with E-state index in [9.17, 15) is 26.4 Å². The van der Waals surface area contributed by atoms with Gasteiger partial charge in [0.25, 0.3) is 0 Å². The summed E-state index contributed by atoms with van der Waals surface area (Å²) in [6, 6.07) is 0. The van der Waals surface area contributed by atoms with Gasteiger partial charge in [-0.1, -0.05) is 75.9 Å². The third-order valence-corrected chi connectivity index (χ3v) is 12.0. The van der Waals surface area contributed by atoms with E-state index in [0.29, 0.717) is 25.7 Å². The second kappa shape index (κ2) is 9.56. The SMILES string of the molecule is CC(=O)C1(S(=O)(=O)OOS(=O)(=O)C2(C(C)=O)CCCCC2C(C)(C)C)CCCCC1C(C)(C)C. The Balaban J connectivity index is 2.53. The summed E-state index contributed by atoms with van der Waals surface area (Å²) in [6.45, 7) is 13.5. The van der Waals surface area contributed by atoms with E-state index in [-0.39, 0.29) is 12.8 Å². The molecule has 0 radical (unpaired) electrons. The van der Waals surface area contributed by atoms with E-state index in [4.69, 9.17) is 8.67 Å². The molecule has 8 nitrogen and oxygen atoms in total. The van der Waals surface area contributed by atoms with Crippen molar-refractivity contribution in [1.82, 2.24) is 0 Å². The summed E-state index contributed by atoms with van der Waals surface area (Å²) in [5, 5.41) is 0. The third kappa shape index (κ3) is 4.89. The van der Waals surface area contributed by atoms with Crippen LogP contribution in [0.4, 0.5) is 0 Å². The quantitative estimate of drug-likeness (QED) is 0.348. The zero-order valence-electron chi connectivity index (χ0n) is 21.9. The van der Waals surface area contributed by atoms with Gasteiger partial charge in [0.2, 0.25) is 0 Å². The summed E-state index contributed by atoms with van der Waals surface area (Å²) >= 11 is 0. The Morgan fingerprint density at radius 2 is 0.941 bits per heavy atom. The van der Waals surface area contributed by atoms with Crippen LogP contribution in [0.1, 0.15) is 107 Å². The molecule has 0 bridgehead atoms. The van der Waals surface area contributed by atoms with Crippen LogP contribution in [-0.2, 0) is 38.5 Å². The fraction of sp³-hybridized carbons (Fsp3) is 0.917. The van der Waals surface area contributed by atoms with Crippen LogP contribution >= 0.6 is 0 Å². The van der Waals surface area contributed by atoms with Crippen molar-refractivity contribution in [3.05, 3.63) is 0 Å². The molecule has 0 saturated heterocycles. The van der Waals surface area contributed by atoms with Crippen molar-refractivity contribution in [1.29, 1.82) is 0 Å². The molecule has 2 aliphatic carbocycles. The van der Waals surface area contributed by atoms with Gasteiger partial charge < -0.3 is 0 Å². The molecule has 4 unspecified atom stereocenters. The summed E-state index contributed by atoms with van der Waals surface area (Å²) in [5.41, 5.74) is -1.11. The topological polar surface area (TPSA) is 121 Å². The lowest BCUT2D eigenvalue weighted by Crippen LogP contribution is -2.59. The molecule has 4 atom stereocenters. The van der Waals surface area contributed by atoms with Crippen molar-refractivity contribution in [2.24, 2.45) is 22.7 Å². The largest absolute Gasteiger partial charge is 0.307 e. The fourth-order valence-corrected chi connectivity index (χ4v) is 10.5. The van der Waals surface area contributed by atoms with Gasteiger partial charge in [-0.15, -0.1) is 0 Å². The maximum Gasteiger partial charge on any atom is 0.307 e. The van der Waals surface area contributed by atoms with Crippen molar-refractivity contribution < 1.29 is 35.1 Å². The van der Waals surface area contributed by atoms with E-state index in [1.807, 2.05) is 41.5 Å². The van der Waals surface area contributed by atoms with Crippen molar-refractivity contribution in [2.45, 2.75) is 116 Å². The molecular formula is C24H42O8S2. The van der Waals surface area contributed by atoms with Crippen LogP contribution in [0.3, 0.4) is 0 Å². The van der Waals surface area contributed by atoms with Gasteiger partial charge in [0.1, 0.15) is 0 Å². The Bertz CT molecular complexity index is 919. The van der Waals surface area contributed by atoms with Gasteiger partial charge in [-0.2, -0.15) is 16.8 Å². The average molecular weight is 523 g/mol. The van der Waals surface area contributed by atoms with Crippen LogP contribution in [0.15, 0.2) is 0 Å². The summed E-state index contributed by atoms with van der Waals surface area (Å²) < 4.78 is 60.1. The number of hydrogen-bond donors (Lipinski definition) is 0. The number of carbonyl (C=O) groups is 2. The van der Waals surface area contributed by atoms with Crippen molar-refractivity contribution in [3.8, 4) is 0 Å². The first-order valence-corrected chi connectivity index (χ1v) is 15.0. The molecule has 0 amide bonds. The first-order valence-electron chi connectivity index (χ1n) is 12.2. The number of Topliss-reactive ketones (excluding diaryl/α,β-unsaturated/α-hetero) is 2. The van der Waals surface area contributed by atoms with Crippen LogP contribution in [0.25, 0.3) is 0 Å². The number of carbonyl (C=O) groups excluding carboxylic acids is 2. The Kier molecular flexibility index (Phi) is 8.26. The van der Waals surface area contributed by atoms with Gasteiger partial charge in [-0.25, -0.2) is 0 Å². The van der Waals surface area contributed by atoms with Crippen LogP contribution in [0.5, 0.6) is 0 Å². The maximum absolute atomic E-state index is 13.6.